The second kappa shape index (κ2) is 4.46. The summed E-state index contributed by atoms with van der Waals surface area (Å²) in [6, 6.07) is 3.50. The Balaban J connectivity index is 2.04. The lowest BCUT2D eigenvalue weighted by Crippen LogP contribution is -2.49. The van der Waals surface area contributed by atoms with Crippen LogP contribution in [0.2, 0.25) is 0 Å². The summed E-state index contributed by atoms with van der Waals surface area (Å²) >= 11 is 0. The number of aromatic nitrogens is 2. The van der Waals surface area contributed by atoms with Crippen LogP contribution in [-0.4, -0.2) is 29.5 Å². The third-order valence-corrected chi connectivity index (χ3v) is 3.09. The average molecular weight is 287 g/mol. The van der Waals surface area contributed by atoms with Crippen LogP contribution in [0.5, 0.6) is 0 Å². The molecule has 1 aliphatic rings. The second-order valence-electron chi connectivity index (χ2n) is 4.48. The Morgan fingerprint density at radius 3 is 2.55 bits per heavy atom. The molecule has 1 aromatic carbocycles. The highest BCUT2D eigenvalue weighted by molar-refractivity contribution is 5.67. The minimum Gasteiger partial charge on any atom is -0.423 e. The third kappa shape index (κ3) is 2.21. The minimum absolute atomic E-state index is 0.0453. The van der Waals surface area contributed by atoms with Gasteiger partial charge >= 0.3 is 6.18 Å². The molecule has 2 aromatic rings. The maximum absolute atomic E-state index is 13.0. The summed E-state index contributed by atoms with van der Waals surface area (Å²) in [4.78, 5) is 1.34. The van der Waals surface area contributed by atoms with E-state index in [-0.39, 0.29) is 24.7 Å². The fraction of sp³-hybridized carbons (Fsp3) is 0.333. The van der Waals surface area contributed by atoms with Gasteiger partial charge in [-0.2, -0.15) is 13.2 Å². The van der Waals surface area contributed by atoms with Gasteiger partial charge in [-0.25, -0.2) is 4.39 Å². The molecular weight excluding hydrogens is 278 g/mol. The normalized spacial score (nSPS) is 16.3. The molecule has 1 fully saturated rings. The van der Waals surface area contributed by atoms with Gasteiger partial charge in [0.15, 0.2) is 0 Å². The number of nitrogens with zero attached hydrogens (tertiary/aromatic N) is 3. The van der Waals surface area contributed by atoms with Gasteiger partial charge in [-0.1, -0.05) is 0 Å². The summed E-state index contributed by atoms with van der Waals surface area (Å²) < 4.78 is 56.8. The van der Waals surface area contributed by atoms with Crippen molar-refractivity contribution in [2.75, 3.05) is 18.0 Å². The van der Waals surface area contributed by atoms with Crippen molar-refractivity contribution in [3.63, 3.8) is 0 Å². The van der Waals surface area contributed by atoms with Gasteiger partial charge in [-0.15, -0.1) is 10.2 Å². The Kier molecular flexibility index (Phi) is 2.88. The van der Waals surface area contributed by atoms with E-state index in [9.17, 15) is 17.6 Å². The van der Waals surface area contributed by atoms with Crippen molar-refractivity contribution < 1.29 is 22.0 Å². The Labute approximate surface area is 111 Å². The van der Waals surface area contributed by atoms with E-state index in [0.717, 1.165) is 12.5 Å². The lowest BCUT2D eigenvalue weighted by molar-refractivity contribution is -0.137. The molecule has 2 heterocycles. The van der Waals surface area contributed by atoms with E-state index in [4.69, 9.17) is 4.42 Å². The fourth-order valence-electron chi connectivity index (χ4n) is 2.09. The van der Waals surface area contributed by atoms with Crippen LogP contribution in [0.1, 0.15) is 5.56 Å². The molecule has 8 heteroatoms. The van der Waals surface area contributed by atoms with Gasteiger partial charge in [0.1, 0.15) is 6.17 Å². The van der Waals surface area contributed by atoms with Crippen LogP contribution in [0.15, 0.2) is 29.0 Å². The summed E-state index contributed by atoms with van der Waals surface area (Å²) in [5.41, 5.74) is -0.498. The zero-order valence-electron chi connectivity index (χ0n) is 10.1. The quantitative estimate of drug-likeness (QED) is 0.796. The Hall–Kier alpha value is -2.12. The van der Waals surface area contributed by atoms with Crippen LogP contribution < -0.4 is 4.90 Å². The molecule has 0 saturated carbocycles. The lowest BCUT2D eigenvalue weighted by atomic mass is 10.0. The number of anilines is 1. The van der Waals surface area contributed by atoms with Crippen LogP contribution >= 0.6 is 0 Å². The van der Waals surface area contributed by atoms with Gasteiger partial charge in [0.05, 0.1) is 18.7 Å². The highest BCUT2D eigenvalue weighted by Crippen LogP contribution is 2.40. The molecule has 0 radical (unpaired) electrons. The maximum Gasteiger partial charge on any atom is 0.418 e. The van der Waals surface area contributed by atoms with Crippen LogP contribution in [0.25, 0.3) is 11.5 Å². The van der Waals surface area contributed by atoms with Gasteiger partial charge < -0.3 is 9.32 Å². The highest BCUT2D eigenvalue weighted by Gasteiger charge is 2.38. The van der Waals surface area contributed by atoms with Crippen LogP contribution in [0, 0.1) is 0 Å². The summed E-state index contributed by atoms with van der Waals surface area (Å²) in [5, 5.41) is 7.13. The van der Waals surface area contributed by atoms with Crippen molar-refractivity contribution in [3.05, 3.63) is 30.2 Å². The molecule has 106 valence electrons. The van der Waals surface area contributed by atoms with Crippen LogP contribution in [0.4, 0.5) is 23.2 Å². The first-order valence-electron chi connectivity index (χ1n) is 5.82. The monoisotopic (exact) mass is 287 g/mol. The van der Waals surface area contributed by atoms with E-state index in [1.807, 2.05) is 0 Å². The molecule has 0 bridgehead atoms. The molecule has 1 aliphatic heterocycles. The van der Waals surface area contributed by atoms with Crippen molar-refractivity contribution in [1.82, 2.24) is 10.2 Å². The standard InChI is InChI=1S/C12H9F4N3O/c13-8-4-19(5-8)10-3-7(11-18-17-6-20-11)1-2-9(10)12(14,15)16/h1-3,6,8H,4-5H2. The van der Waals surface area contributed by atoms with Gasteiger partial charge in [-0.3, -0.25) is 0 Å². The smallest absolute Gasteiger partial charge is 0.418 e. The Morgan fingerprint density at radius 2 is 2.00 bits per heavy atom. The Bertz CT molecular complexity index is 606. The molecule has 3 rings (SSSR count). The topological polar surface area (TPSA) is 42.2 Å². The van der Waals surface area contributed by atoms with Crippen molar-refractivity contribution in [2.45, 2.75) is 12.3 Å². The summed E-state index contributed by atoms with van der Waals surface area (Å²) in [6.07, 6.45) is -4.50. The van der Waals surface area contributed by atoms with E-state index >= 15 is 0 Å². The first-order valence-corrected chi connectivity index (χ1v) is 5.82. The lowest BCUT2D eigenvalue weighted by Gasteiger charge is -2.38. The molecule has 1 saturated heterocycles. The predicted molar refractivity (Wildman–Crippen MR) is 61.8 cm³/mol. The fourth-order valence-corrected chi connectivity index (χ4v) is 2.09. The van der Waals surface area contributed by atoms with Crippen LogP contribution in [0.3, 0.4) is 0 Å². The van der Waals surface area contributed by atoms with Crippen LogP contribution in [-0.2, 0) is 6.18 Å². The molecular formula is C12H9F4N3O. The molecule has 1 aromatic heterocycles. The van der Waals surface area contributed by atoms with Gasteiger partial charge in [-0.05, 0) is 18.2 Å². The third-order valence-electron chi connectivity index (χ3n) is 3.09. The maximum atomic E-state index is 13.0. The second-order valence-corrected chi connectivity index (χ2v) is 4.48. The van der Waals surface area contributed by atoms with E-state index in [1.165, 1.54) is 17.0 Å². The Morgan fingerprint density at radius 1 is 1.25 bits per heavy atom. The number of hydrogen-bond donors (Lipinski definition) is 0. The van der Waals surface area contributed by atoms with Crippen molar-refractivity contribution in [2.24, 2.45) is 0 Å². The molecule has 0 spiro atoms. The van der Waals surface area contributed by atoms with Crippen molar-refractivity contribution in [1.29, 1.82) is 0 Å². The SMILES string of the molecule is FC1CN(c2cc(-c3nnco3)ccc2C(F)(F)F)C1. The summed E-state index contributed by atoms with van der Waals surface area (Å²) in [7, 11) is 0. The van der Waals surface area contributed by atoms with Gasteiger partial charge in [0.25, 0.3) is 0 Å². The number of alkyl halides is 4. The van der Waals surface area contributed by atoms with Crippen molar-refractivity contribution >= 4 is 5.69 Å². The largest absolute Gasteiger partial charge is 0.423 e. The molecule has 4 nitrogen and oxygen atoms in total. The van der Waals surface area contributed by atoms with E-state index in [2.05, 4.69) is 10.2 Å². The minimum atomic E-state index is -4.50. The summed E-state index contributed by atoms with van der Waals surface area (Å²) in [6.45, 7) is -0.0905. The summed E-state index contributed by atoms with van der Waals surface area (Å²) in [5.74, 6) is 0.122. The molecule has 0 aliphatic carbocycles. The number of rotatable bonds is 2. The molecule has 20 heavy (non-hydrogen) atoms. The number of halogens is 4. The van der Waals surface area contributed by atoms with Crippen molar-refractivity contribution in [3.8, 4) is 11.5 Å². The number of benzene rings is 1. The molecule has 0 unspecified atom stereocenters. The first-order chi connectivity index (χ1) is 9.45. The molecule has 0 N–H and O–H groups in total. The molecule has 0 atom stereocenters. The van der Waals surface area contributed by atoms with E-state index in [0.29, 0.717) is 5.56 Å². The van der Waals surface area contributed by atoms with Gasteiger partial charge in [0.2, 0.25) is 12.3 Å². The highest BCUT2D eigenvalue weighted by atomic mass is 19.4. The van der Waals surface area contributed by atoms with Gasteiger partial charge in [0, 0.05) is 11.3 Å². The predicted octanol–water partition coefficient (Wildman–Crippen LogP) is 2.91. The van der Waals surface area contributed by atoms with E-state index in [1.54, 1.807) is 0 Å². The van der Waals surface area contributed by atoms with E-state index < -0.39 is 17.9 Å². The number of hydrogen-bond acceptors (Lipinski definition) is 4. The zero-order valence-corrected chi connectivity index (χ0v) is 10.1. The zero-order chi connectivity index (χ0) is 14.3. The first kappa shape index (κ1) is 12.9. The molecule has 0 amide bonds. The average Bonchev–Trinajstić information content (AvgIpc) is 2.87.